The monoisotopic (exact) mass is 351 g/mol. The van der Waals surface area contributed by atoms with Gasteiger partial charge in [0, 0.05) is 26.8 Å². The zero-order valence-electron chi connectivity index (χ0n) is 13.4. The fourth-order valence-electron chi connectivity index (χ4n) is 2.39. The Morgan fingerprint density at radius 1 is 1.36 bits per heavy atom. The Morgan fingerprint density at radius 3 is 2.84 bits per heavy atom. The molecule has 2 amide bonds. The summed E-state index contributed by atoms with van der Waals surface area (Å²) in [5.74, 6) is -0.478. The maximum Gasteiger partial charge on any atom is 0.419 e. The first-order chi connectivity index (χ1) is 11.8. The van der Waals surface area contributed by atoms with Crippen LogP contribution in [-0.4, -0.2) is 20.4 Å². The quantitative estimate of drug-likeness (QED) is 0.753. The molecule has 2 N–H and O–H groups in total. The van der Waals surface area contributed by atoms with Crippen LogP contribution in [0, 0.1) is 0 Å². The van der Waals surface area contributed by atoms with E-state index in [-0.39, 0.29) is 12.2 Å². The number of fused-ring (bicyclic) bond motifs is 1. The van der Waals surface area contributed by atoms with Gasteiger partial charge < -0.3 is 15.1 Å². The van der Waals surface area contributed by atoms with Crippen LogP contribution >= 0.6 is 0 Å². The predicted octanol–water partition coefficient (Wildman–Crippen LogP) is 2.12. The number of alkyl halides is 2. The highest BCUT2D eigenvalue weighted by atomic mass is 19.3. The van der Waals surface area contributed by atoms with Gasteiger partial charge >= 0.3 is 11.8 Å². The molecule has 3 rings (SSSR count). The maximum absolute atomic E-state index is 12.8. The summed E-state index contributed by atoms with van der Waals surface area (Å²) >= 11 is 0. The fraction of sp³-hybridized carbons (Fsp3) is 0.267. The minimum absolute atomic E-state index is 0.0531. The third kappa shape index (κ3) is 3.37. The lowest BCUT2D eigenvalue weighted by Crippen LogP contribution is -2.28. The summed E-state index contributed by atoms with van der Waals surface area (Å²) in [7, 11) is 3.06. The van der Waals surface area contributed by atoms with Gasteiger partial charge in [0.25, 0.3) is 6.43 Å². The Bertz CT molecular complexity index is 989. The molecular formula is C15H15F2N5O3. The second-order valence-corrected chi connectivity index (χ2v) is 5.44. The van der Waals surface area contributed by atoms with Crippen molar-refractivity contribution in [1.29, 1.82) is 0 Å². The molecule has 3 aromatic rings. The number of hydrogen-bond donors (Lipinski definition) is 2. The minimum atomic E-state index is -2.79. The second-order valence-electron chi connectivity index (χ2n) is 5.44. The number of rotatable bonds is 4. The molecule has 0 fully saturated rings. The number of amides is 2. The summed E-state index contributed by atoms with van der Waals surface area (Å²) in [5, 5.41) is 8.52. The highest BCUT2D eigenvalue weighted by molar-refractivity contribution is 5.89. The molecule has 0 radical (unpaired) electrons. The molecule has 0 spiro atoms. The fourth-order valence-corrected chi connectivity index (χ4v) is 2.39. The SMILES string of the molecule is Cn1cc(NC(=O)NCc2ccc3oc(=O)n(C)c3c2)c(C(F)F)n1. The summed E-state index contributed by atoms with van der Waals surface area (Å²) in [6.07, 6.45) is -1.49. The van der Waals surface area contributed by atoms with E-state index in [1.165, 1.54) is 22.5 Å². The van der Waals surface area contributed by atoms with E-state index in [0.717, 1.165) is 5.56 Å². The average molecular weight is 351 g/mol. The maximum atomic E-state index is 12.8. The lowest BCUT2D eigenvalue weighted by atomic mass is 10.2. The molecule has 0 saturated carbocycles. The number of halogens is 2. The number of aromatic nitrogens is 3. The lowest BCUT2D eigenvalue weighted by molar-refractivity contribution is 0.146. The van der Waals surface area contributed by atoms with Gasteiger partial charge in [-0.1, -0.05) is 6.07 Å². The van der Waals surface area contributed by atoms with Crippen LogP contribution in [0.3, 0.4) is 0 Å². The van der Waals surface area contributed by atoms with E-state index in [1.807, 2.05) is 0 Å². The van der Waals surface area contributed by atoms with E-state index in [4.69, 9.17) is 4.42 Å². The van der Waals surface area contributed by atoms with Gasteiger partial charge in [0.05, 0.1) is 11.2 Å². The third-order valence-electron chi connectivity index (χ3n) is 3.62. The van der Waals surface area contributed by atoms with E-state index < -0.39 is 23.9 Å². The van der Waals surface area contributed by atoms with E-state index in [2.05, 4.69) is 15.7 Å². The van der Waals surface area contributed by atoms with Gasteiger partial charge in [0.15, 0.2) is 11.3 Å². The summed E-state index contributed by atoms with van der Waals surface area (Å²) in [5.41, 5.74) is 1.21. The Balaban J connectivity index is 1.68. The van der Waals surface area contributed by atoms with Crippen LogP contribution in [0.1, 0.15) is 17.7 Å². The first-order valence-corrected chi connectivity index (χ1v) is 7.30. The van der Waals surface area contributed by atoms with E-state index >= 15 is 0 Å². The van der Waals surface area contributed by atoms with Crippen molar-refractivity contribution in [1.82, 2.24) is 19.7 Å². The van der Waals surface area contributed by atoms with Crippen molar-refractivity contribution in [2.75, 3.05) is 5.32 Å². The van der Waals surface area contributed by atoms with Gasteiger partial charge in [-0.15, -0.1) is 0 Å². The Kier molecular flexibility index (Phi) is 4.26. The number of anilines is 1. The first-order valence-electron chi connectivity index (χ1n) is 7.30. The van der Waals surface area contributed by atoms with Gasteiger partial charge in [-0.05, 0) is 17.7 Å². The molecule has 0 saturated heterocycles. The topological polar surface area (TPSA) is 94.1 Å². The van der Waals surface area contributed by atoms with Crippen LogP contribution in [0.4, 0.5) is 19.3 Å². The van der Waals surface area contributed by atoms with Crippen molar-refractivity contribution < 1.29 is 18.0 Å². The Morgan fingerprint density at radius 2 is 2.12 bits per heavy atom. The number of nitrogens with one attached hydrogen (secondary N) is 2. The molecule has 0 aliphatic rings. The normalized spacial score (nSPS) is 11.2. The van der Waals surface area contributed by atoms with Crippen molar-refractivity contribution in [3.05, 3.63) is 46.2 Å². The van der Waals surface area contributed by atoms with Crippen LogP contribution in [0.5, 0.6) is 0 Å². The number of benzene rings is 1. The summed E-state index contributed by atoms with van der Waals surface area (Å²) in [4.78, 5) is 23.4. The van der Waals surface area contributed by atoms with Crippen LogP contribution in [-0.2, 0) is 20.6 Å². The largest absolute Gasteiger partial charge is 0.419 e. The summed E-state index contributed by atoms with van der Waals surface area (Å²) < 4.78 is 33.3. The average Bonchev–Trinajstić information content (AvgIpc) is 3.06. The molecule has 25 heavy (non-hydrogen) atoms. The third-order valence-corrected chi connectivity index (χ3v) is 3.62. The van der Waals surface area contributed by atoms with Crippen LogP contribution < -0.4 is 16.4 Å². The standard InChI is InChI=1S/C15H15F2N5O3/c1-21-7-9(12(20-21)13(16)17)19-14(23)18-6-8-3-4-11-10(5-8)22(2)15(24)25-11/h3-5,7,13H,6H2,1-2H3,(H2,18,19,23). The van der Waals surface area contributed by atoms with Crippen molar-refractivity contribution >= 4 is 22.8 Å². The number of hydrogen-bond acceptors (Lipinski definition) is 4. The molecular weight excluding hydrogens is 336 g/mol. The lowest BCUT2D eigenvalue weighted by Gasteiger charge is -2.07. The summed E-state index contributed by atoms with van der Waals surface area (Å²) in [6.45, 7) is 0.144. The molecule has 2 aromatic heterocycles. The number of nitrogens with zero attached hydrogens (tertiary/aromatic N) is 3. The minimum Gasteiger partial charge on any atom is -0.408 e. The van der Waals surface area contributed by atoms with Crippen molar-refractivity contribution in [2.45, 2.75) is 13.0 Å². The van der Waals surface area contributed by atoms with Gasteiger partial charge in [-0.3, -0.25) is 9.25 Å². The molecule has 2 heterocycles. The van der Waals surface area contributed by atoms with Gasteiger partial charge in [-0.2, -0.15) is 5.10 Å². The van der Waals surface area contributed by atoms with Crippen molar-refractivity contribution in [3.63, 3.8) is 0 Å². The van der Waals surface area contributed by atoms with Gasteiger partial charge in [0.2, 0.25) is 0 Å². The molecule has 8 nitrogen and oxygen atoms in total. The van der Waals surface area contributed by atoms with Crippen molar-refractivity contribution in [2.24, 2.45) is 14.1 Å². The molecule has 132 valence electrons. The molecule has 0 unspecified atom stereocenters. The molecule has 0 atom stereocenters. The first kappa shape index (κ1) is 16.7. The number of carbonyl (C=O) groups is 1. The van der Waals surface area contributed by atoms with Gasteiger partial charge in [0.1, 0.15) is 0 Å². The second kappa shape index (κ2) is 6.38. The molecule has 0 aliphatic carbocycles. The zero-order chi connectivity index (χ0) is 18.1. The number of urea groups is 1. The molecule has 0 aliphatic heterocycles. The van der Waals surface area contributed by atoms with Crippen LogP contribution in [0.2, 0.25) is 0 Å². The molecule has 0 bridgehead atoms. The summed E-state index contributed by atoms with van der Waals surface area (Å²) in [6, 6.07) is 4.38. The zero-order valence-corrected chi connectivity index (χ0v) is 13.4. The highest BCUT2D eigenvalue weighted by Crippen LogP contribution is 2.24. The molecule has 10 heteroatoms. The van der Waals surface area contributed by atoms with Crippen LogP contribution in [0.15, 0.2) is 33.6 Å². The van der Waals surface area contributed by atoms with Gasteiger partial charge in [-0.25, -0.2) is 18.4 Å². The number of oxazole rings is 1. The van der Waals surface area contributed by atoms with Crippen LogP contribution in [0.25, 0.3) is 11.1 Å². The number of aryl methyl sites for hydroxylation is 2. The van der Waals surface area contributed by atoms with Crippen molar-refractivity contribution in [3.8, 4) is 0 Å². The van der Waals surface area contributed by atoms with E-state index in [9.17, 15) is 18.4 Å². The molecule has 1 aromatic carbocycles. The number of carbonyl (C=O) groups excluding carboxylic acids is 1. The van der Waals surface area contributed by atoms with E-state index in [1.54, 1.807) is 25.2 Å². The highest BCUT2D eigenvalue weighted by Gasteiger charge is 2.19. The Hall–Kier alpha value is -3.17. The Labute approximate surface area is 140 Å². The predicted molar refractivity (Wildman–Crippen MR) is 85.5 cm³/mol. The smallest absolute Gasteiger partial charge is 0.408 e. The van der Waals surface area contributed by atoms with E-state index in [0.29, 0.717) is 11.1 Å².